The van der Waals surface area contributed by atoms with E-state index in [0.29, 0.717) is 0 Å². The number of nitrogen functional groups attached to an aromatic ring is 1. The van der Waals surface area contributed by atoms with E-state index in [4.69, 9.17) is 16.6 Å². The smallest absolute Gasteiger partial charge is 0.335 e. The highest BCUT2D eigenvalue weighted by atomic mass is 35.5. The summed E-state index contributed by atoms with van der Waals surface area (Å²) in [6.45, 7) is 0.218. The van der Waals surface area contributed by atoms with Crippen molar-refractivity contribution in [3.8, 4) is 0 Å². The number of aromatic carboxylic acids is 1. The van der Waals surface area contributed by atoms with Gasteiger partial charge in [0.1, 0.15) is 0 Å². The monoisotopic (exact) mass is 280 g/mol. The third-order valence-electron chi connectivity index (χ3n) is 1.97. The van der Waals surface area contributed by atoms with Gasteiger partial charge in [0.15, 0.2) is 5.78 Å². The number of rotatable bonds is 4. The summed E-state index contributed by atoms with van der Waals surface area (Å²) >= 11 is 0. The molecule has 0 aliphatic rings. The predicted molar refractivity (Wildman–Crippen MR) is 70.3 cm³/mol. The van der Waals surface area contributed by atoms with Gasteiger partial charge in [0.05, 0.1) is 5.56 Å². The van der Waals surface area contributed by atoms with E-state index in [9.17, 15) is 9.59 Å². The number of benzene rings is 1. The minimum Gasteiger partial charge on any atom is -0.478 e. The molecule has 0 radical (unpaired) electrons. The fourth-order valence-electron chi connectivity index (χ4n) is 1.20. The van der Waals surface area contributed by atoms with Crippen molar-refractivity contribution in [2.75, 3.05) is 12.3 Å². The fourth-order valence-corrected chi connectivity index (χ4v) is 1.20. The van der Waals surface area contributed by atoms with Crippen LogP contribution < -0.4 is 11.5 Å². The third kappa shape index (κ3) is 4.60. The zero-order valence-corrected chi connectivity index (χ0v) is 10.5. The molecule has 0 amide bonds. The lowest BCUT2D eigenvalue weighted by Gasteiger charge is -2.04. The Balaban J connectivity index is 0. The summed E-state index contributed by atoms with van der Waals surface area (Å²) in [6, 6.07) is 4.04. The molecule has 1 aromatic rings. The van der Waals surface area contributed by atoms with Crippen LogP contribution in [0.4, 0.5) is 5.69 Å². The van der Waals surface area contributed by atoms with Gasteiger partial charge in [0.2, 0.25) is 0 Å². The number of hydrogen-bond donors (Lipinski definition) is 3. The first-order valence-corrected chi connectivity index (χ1v) is 4.42. The van der Waals surface area contributed by atoms with E-state index in [0.717, 1.165) is 0 Å². The van der Waals surface area contributed by atoms with Crippen molar-refractivity contribution >= 4 is 42.3 Å². The summed E-state index contributed by atoms with van der Waals surface area (Å²) < 4.78 is 0. The first-order valence-electron chi connectivity index (χ1n) is 4.42. The Kier molecular flexibility index (Phi) is 8.39. The predicted octanol–water partition coefficient (Wildman–Crippen LogP) is 1.34. The Morgan fingerprint density at radius 2 is 1.82 bits per heavy atom. The summed E-state index contributed by atoms with van der Waals surface area (Å²) in [6.07, 6.45) is 0.160. The lowest BCUT2D eigenvalue weighted by molar-refractivity contribution is 0.0697. The van der Waals surface area contributed by atoms with Crippen LogP contribution in [0, 0.1) is 0 Å². The molecule has 0 aliphatic heterocycles. The van der Waals surface area contributed by atoms with Gasteiger partial charge in [0.25, 0.3) is 0 Å². The van der Waals surface area contributed by atoms with Crippen LogP contribution >= 0.6 is 24.8 Å². The highest BCUT2D eigenvalue weighted by molar-refractivity contribution is 6.03. The molecule has 1 rings (SSSR count). The Hall–Kier alpha value is -1.30. The largest absolute Gasteiger partial charge is 0.478 e. The van der Waals surface area contributed by atoms with Gasteiger partial charge in [-0.1, -0.05) is 0 Å². The maximum atomic E-state index is 11.5. The molecule has 5 N–H and O–H groups in total. The summed E-state index contributed by atoms with van der Waals surface area (Å²) in [5.41, 5.74) is 11.3. The van der Waals surface area contributed by atoms with Gasteiger partial charge in [-0.2, -0.15) is 0 Å². The van der Waals surface area contributed by atoms with E-state index in [2.05, 4.69) is 0 Å². The summed E-state index contributed by atoms with van der Waals surface area (Å²) in [5, 5.41) is 8.74. The molecule has 1 aromatic carbocycles. The molecule has 0 aliphatic carbocycles. The molecule has 0 atom stereocenters. The van der Waals surface area contributed by atoms with E-state index in [-0.39, 0.29) is 60.4 Å². The Bertz CT molecular complexity index is 411. The second kappa shape index (κ2) is 7.89. The van der Waals surface area contributed by atoms with Crippen LogP contribution in [-0.2, 0) is 0 Å². The van der Waals surface area contributed by atoms with Gasteiger partial charge in [-0.05, 0) is 24.7 Å². The SMILES string of the molecule is Cl.Cl.NCCC(=O)c1cc(C(=O)O)ccc1N. The number of nitrogens with two attached hydrogens (primary N) is 2. The second-order valence-electron chi connectivity index (χ2n) is 3.07. The van der Waals surface area contributed by atoms with Crippen LogP contribution in [0.5, 0.6) is 0 Å². The van der Waals surface area contributed by atoms with Crippen LogP contribution in [0.25, 0.3) is 0 Å². The van der Waals surface area contributed by atoms with Crippen molar-refractivity contribution < 1.29 is 14.7 Å². The third-order valence-corrected chi connectivity index (χ3v) is 1.97. The molecule has 0 fully saturated rings. The van der Waals surface area contributed by atoms with Crippen LogP contribution in [-0.4, -0.2) is 23.4 Å². The molecule has 0 aromatic heterocycles. The van der Waals surface area contributed by atoms with Crippen LogP contribution in [0.2, 0.25) is 0 Å². The van der Waals surface area contributed by atoms with E-state index in [1.165, 1.54) is 18.2 Å². The summed E-state index contributed by atoms with van der Waals surface area (Å²) in [5.74, 6) is -1.32. The number of carbonyl (C=O) groups is 2. The lowest BCUT2D eigenvalue weighted by Crippen LogP contribution is -2.11. The van der Waals surface area contributed by atoms with Gasteiger partial charge in [-0.25, -0.2) is 4.79 Å². The van der Waals surface area contributed by atoms with Crippen molar-refractivity contribution in [3.05, 3.63) is 29.3 Å². The lowest BCUT2D eigenvalue weighted by atomic mass is 10.0. The standard InChI is InChI=1S/C10H12N2O3.2ClH/c11-4-3-9(13)7-5-6(10(14)15)1-2-8(7)12;;/h1-2,5H,3-4,11-12H2,(H,14,15);2*1H. The second-order valence-corrected chi connectivity index (χ2v) is 3.07. The zero-order valence-electron chi connectivity index (χ0n) is 8.88. The molecule has 0 spiro atoms. The van der Waals surface area contributed by atoms with Gasteiger partial charge >= 0.3 is 5.97 Å². The average molecular weight is 281 g/mol. The molecule has 0 saturated carbocycles. The van der Waals surface area contributed by atoms with Crippen molar-refractivity contribution in [3.63, 3.8) is 0 Å². The van der Waals surface area contributed by atoms with E-state index < -0.39 is 5.97 Å². The molecule has 5 nitrogen and oxygen atoms in total. The van der Waals surface area contributed by atoms with Crippen LogP contribution in [0.3, 0.4) is 0 Å². The Morgan fingerprint density at radius 1 is 1.24 bits per heavy atom. The molecular weight excluding hydrogens is 267 g/mol. The van der Waals surface area contributed by atoms with Crippen LogP contribution in [0.1, 0.15) is 27.1 Å². The molecule has 17 heavy (non-hydrogen) atoms. The van der Waals surface area contributed by atoms with Crippen molar-refractivity contribution in [1.82, 2.24) is 0 Å². The number of carbonyl (C=O) groups excluding carboxylic acids is 1. The fraction of sp³-hybridized carbons (Fsp3) is 0.200. The molecule has 0 bridgehead atoms. The highest BCUT2D eigenvalue weighted by Gasteiger charge is 2.12. The van der Waals surface area contributed by atoms with Gasteiger partial charge in [-0.15, -0.1) is 24.8 Å². The first kappa shape index (κ1) is 18.1. The number of carboxylic acid groups (broad SMARTS) is 1. The normalized spacial score (nSPS) is 8.76. The van der Waals surface area contributed by atoms with E-state index in [1.807, 2.05) is 0 Å². The van der Waals surface area contributed by atoms with E-state index >= 15 is 0 Å². The minimum absolute atomic E-state index is 0. The van der Waals surface area contributed by atoms with Crippen molar-refractivity contribution in [2.24, 2.45) is 5.73 Å². The molecular formula is C10H14Cl2N2O3. The maximum Gasteiger partial charge on any atom is 0.335 e. The molecule has 0 heterocycles. The summed E-state index contributed by atoms with van der Waals surface area (Å²) in [7, 11) is 0. The van der Waals surface area contributed by atoms with Gasteiger partial charge in [-0.3, -0.25) is 4.79 Å². The number of hydrogen-bond acceptors (Lipinski definition) is 4. The van der Waals surface area contributed by atoms with Crippen LogP contribution in [0.15, 0.2) is 18.2 Å². The van der Waals surface area contributed by atoms with Gasteiger partial charge in [0, 0.05) is 17.7 Å². The van der Waals surface area contributed by atoms with Gasteiger partial charge < -0.3 is 16.6 Å². The number of anilines is 1. The molecule has 96 valence electrons. The van der Waals surface area contributed by atoms with Crippen molar-refractivity contribution in [1.29, 1.82) is 0 Å². The molecule has 0 unspecified atom stereocenters. The zero-order chi connectivity index (χ0) is 11.4. The number of halogens is 2. The number of Topliss-reactive ketones (excluding diaryl/α,β-unsaturated/α-hetero) is 1. The quantitative estimate of drug-likeness (QED) is 0.570. The number of carboxylic acids is 1. The van der Waals surface area contributed by atoms with E-state index in [1.54, 1.807) is 0 Å². The summed E-state index contributed by atoms with van der Waals surface area (Å²) in [4.78, 5) is 22.2. The molecule has 7 heteroatoms. The first-order chi connectivity index (χ1) is 7.06. The number of ketones is 1. The van der Waals surface area contributed by atoms with Crippen molar-refractivity contribution in [2.45, 2.75) is 6.42 Å². The molecule has 0 saturated heterocycles. The maximum absolute atomic E-state index is 11.5. The Morgan fingerprint density at radius 3 is 2.29 bits per heavy atom. The highest BCUT2D eigenvalue weighted by Crippen LogP contribution is 2.16. The Labute approximate surface area is 111 Å². The average Bonchev–Trinajstić information content (AvgIpc) is 2.18. The topological polar surface area (TPSA) is 106 Å². The minimum atomic E-state index is -1.09.